The van der Waals surface area contributed by atoms with Crippen molar-refractivity contribution in [3.8, 4) is 17.3 Å². The lowest BCUT2D eigenvalue weighted by molar-refractivity contribution is 0.594. The van der Waals surface area contributed by atoms with E-state index in [1.165, 1.54) is 16.7 Å². The zero-order valence-electron chi connectivity index (χ0n) is 16.6. The molecule has 0 aliphatic carbocycles. The standard InChI is InChI=1S/C15H15F2N3O2S.C3H7ClO2S/c1-3-6-23(21,22)19-14-8-12(16)11(7-13(14)17)15-5-4-10(9-18)20(15)2;1-2-3-7(4,5)6/h4-5,7-8,19H,3,6H2,1-2H3;2-3H2,1H3. The number of nitrogens with one attached hydrogen (secondary N) is 1. The first-order valence-electron chi connectivity index (χ1n) is 8.83. The lowest BCUT2D eigenvalue weighted by Gasteiger charge is -2.11. The second-order valence-corrected chi connectivity index (χ2v) is 11.0. The highest BCUT2D eigenvalue weighted by molar-refractivity contribution is 8.13. The molecule has 2 rings (SSSR count). The molecule has 0 saturated heterocycles. The summed E-state index contributed by atoms with van der Waals surface area (Å²) in [7, 11) is -0.552. The molecule has 0 aliphatic rings. The Bertz CT molecular complexity index is 1140. The predicted octanol–water partition coefficient (Wildman–Crippen LogP) is 3.96. The average molecular weight is 482 g/mol. The topological polar surface area (TPSA) is 109 Å². The second kappa shape index (κ2) is 10.7. The lowest BCUT2D eigenvalue weighted by Crippen LogP contribution is -2.17. The molecule has 1 aromatic carbocycles. The van der Waals surface area contributed by atoms with Gasteiger partial charge in [0.1, 0.15) is 23.4 Å². The third kappa shape index (κ3) is 7.59. The quantitative estimate of drug-likeness (QED) is 0.602. The number of aromatic nitrogens is 1. The summed E-state index contributed by atoms with van der Waals surface area (Å²) in [4.78, 5) is 0. The third-order valence-corrected chi connectivity index (χ3v) is 6.59. The van der Waals surface area contributed by atoms with E-state index in [-0.39, 0.29) is 17.1 Å². The number of hydrogen-bond donors (Lipinski definition) is 1. The van der Waals surface area contributed by atoms with E-state index in [1.54, 1.807) is 20.9 Å². The van der Waals surface area contributed by atoms with Gasteiger partial charge in [-0.25, -0.2) is 25.6 Å². The van der Waals surface area contributed by atoms with Gasteiger partial charge in [-0.05, 0) is 31.0 Å². The van der Waals surface area contributed by atoms with Crippen molar-refractivity contribution in [3.05, 3.63) is 41.6 Å². The normalized spacial score (nSPS) is 11.4. The summed E-state index contributed by atoms with van der Waals surface area (Å²) in [5, 5.41) is 8.91. The Morgan fingerprint density at radius 3 is 2.10 bits per heavy atom. The molecule has 0 radical (unpaired) electrons. The van der Waals surface area contributed by atoms with Gasteiger partial charge in [0.2, 0.25) is 19.1 Å². The smallest absolute Gasteiger partial charge is 0.232 e. The van der Waals surface area contributed by atoms with E-state index in [0.717, 1.165) is 12.1 Å². The Morgan fingerprint density at radius 1 is 1.07 bits per heavy atom. The number of sulfonamides is 1. The van der Waals surface area contributed by atoms with Gasteiger partial charge in [-0.1, -0.05) is 13.8 Å². The van der Waals surface area contributed by atoms with Crippen LogP contribution in [0.15, 0.2) is 24.3 Å². The van der Waals surface area contributed by atoms with Crippen molar-refractivity contribution >= 4 is 35.4 Å². The molecule has 0 unspecified atom stereocenters. The third-order valence-electron chi connectivity index (χ3n) is 3.76. The van der Waals surface area contributed by atoms with Crippen molar-refractivity contribution in [2.45, 2.75) is 26.7 Å². The van der Waals surface area contributed by atoms with Crippen molar-refractivity contribution < 1.29 is 25.6 Å². The molecule has 0 atom stereocenters. The van der Waals surface area contributed by atoms with Crippen LogP contribution in [0.5, 0.6) is 0 Å². The number of hydrogen-bond acceptors (Lipinski definition) is 5. The summed E-state index contributed by atoms with van der Waals surface area (Å²) >= 11 is 0. The summed E-state index contributed by atoms with van der Waals surface area (Å²) in [6.45, 7) is 3.43. The van der Waals surface area contributed by atoms with E-state index >= 15 is 0 Å². The van der Waals surface area contributed by atoms with Crippen LogP contribution < -0.4 is 4.72 Å². The van der Waals surface area contributed by atoms with E-state index in [1.807, 2.05) is 10.8 Å². The molecule has 0 fully saturated rings. The number of nitriles is 1. The summed E-state index contributed by atoms with van der Waals surface area (Å²) in [5.41, 5.74) is 0.132. The van der Waals surface area contributed by atoms with Crippen molar-refractivity contribution in [2.24, 2.45) is 7.05 Å². The molecule has 0 spiro atoms. The first-order chi connectivity index (χ1) is 13.8. The predicted molar refractivity (Wildman–Crippen MR) is 113 cm³/mol. The first-order valence-corrected chi connectivity index (χ1v) is 13.0. The van der Waals surface area contributed by atoms with Crippen LogP contribution in [0.3, 0.4) is 0 Å². The summed E-state index contributed by atoms with van der Waals surface area (Å²) in [6, 6.07) is 6.63. The molecule has 30 heavy (non-hydrogen) atoms. The zero-order chi connectivity index (χ0) is 23.1. The molecular formula is C18H22ClF2N3O4S2. The molecule has 0 bridgehead atoms. The van der Waals surface area contributed by atoms with E-state index < -0.39 is 36.4 Å². The van der Waals surface area contributed by atoms with Crippen molar-refractivity contribution in [1.82, 2.24) is 4.57 Å². The van der Waals surface area contributed by atoms with Gasteiger partial charge in [-0.3, -0.25) is 4.72 Å². The van der Waals surface area contributed by atoms with Crippen LogP contribution in [0.4, 0.5) is 14.5 Å². The van der Waals surface area contributed by atoms with E-state index in [9.17, 15) is 25.6 Å². The van der Waals surface area contributed by atoms with Gasteiger partial charge in [-0.15, -0.1) is 0 Å². The van der Waals surface area contributed by atoms with Gasteiger partial charge >= 0.3 is 0 Å². The SMILES string of the molecule is CCCS(=O)(=O)Cl.CCCS(=O)(=O)Nc1cc(F)c(-c2ccc(C#N)n2C)cc1F. The van der Waals surface area contributed by atoms with E-state index in [2.05, 4.69) is 0 Å². The summed E-state index contributed by atoms with van der Waals surface area (Å²) < 4.78 is 75.2. The number of anilines is 1. The molecule has 7 nitrogen and oxygen atoms in total. The molecule has 166 valence electrons. The maximum absolute atomic E-state index is 14.3. The molecule has 0 aliphatic heterocycles. The number of benzene rings is 1. The minimum absolute atomic E-state index is 0.0510. The number of nitrogens with zero attached hydrogens (tertiary/aromatic N) is 2. The van der Waals surface area contributed by atoms with Gasteiger partial charge in [-0.2, -0.15) is 5.26 Å². The fourth-order valence-electron chi connectivity index (χ4n) is 2.45. The Kier molecular flexibility index (Phi) is 9.27. The van der Waals surface area contributed by atoms with Crippen molar-refractivity contribution in [2.75, 3.05) is 16.2 Å². The Labute approximate surface area is 179 Å². The lowest BCUT2D eigenvalue weighted by atomic mass is 10.1. The molecule has 1 aromatic heterocycles. The van der Waals surface area contributed by atoms with E-state index in [4.69, 9.17) is 15.9 Å². The van der Waals surface area contributed by atoms with Crippen LogP contribution in [0.1, 0.15) is 32.4 Å². The van der Waals surface area contributed by atoms with Gasteiger partial charge < -0.3 is 4.57 Å². The molecule has 0 amide bonds. The van der Waals surface area contributed by atoms with E-state index in [0.29, 0.717) is 24.2 Å². The van der Waals surface area contributed by atoms with Crippen LogP contribution in [0, 0.1) is 23.0 Å². The summed E-state index contributed by atoms with van der Waals surface area (Å²) in [6.07, 6.45) is 0.948. The molecular weight excluding hydrogens is 460 g/mol. The van der Waals surface area contributed by atoms with Crippen LogP contribution >= 0.6 is 10.7 Å². The minimum atomic E-state index is -3.71. The minimum Gasteiger partial charge on any atom is -0.335 e. The Balaban J connectivity index is 0.000000553. The molecule has 12 heteroatoms. The number of rotatable bonds is 7. The van der Waals surface area contributed by atoms with Gasteiger partial charge in [0.25, 0.3) is 0 Å². The first kappa shape index (κ1) is 25.9. The fourth-order valence-corrected chi connectivity index (χ4v) is 4.53. The maximum atomic E-state index is 14.3. The molecule has 1 heterocycles. The largest absolute Gasteiger partial charge is 0.335 e. The Morgan fingerprint density at radius 2 is 1.67 bits per heavy atom. The number of halogens is 3. The van der Waals surface area contributed by atoms with Crippen LogP contribution in [0.25, 0.3) is 11.3 Å². The molecule has 2 aromatic rings. The highest BCUT2D eigenvalue weighted by Crippen LogP contribution is 2.29. The van der Waals surface area contributed by atoms with Gasteiger partial charge in [0.05, 0.1) is 22.9 Å². The second-order valence-electron chi connectivity index (χ2n) is 6.25. The highest BCUT2D eigenvalue weighted by Gasteiger charge is 2.18. The molecule has 1 N–H and O–H groups in total. The fraction of sp³-hybridized carbons (Fsp3) is 0.389. The maximum Gasteiger partial charge on any atom is 0.232 e. The van der Waals surface area contributed by atoms with Crippen LogP contribution in [-0.4, -0.2) is 32.9 Å². The van der Waals surface area contributed by atoms with Gasteiger partial charge in [0.15, 0.2) is 0 Å². The summed E-state index contributed by atoms with van der Waals surface area (Å²) in [5.74, 6) is -1.78. The average Bonchev–Trinajstić information content (AvgIpc) is 2.97. The zero-order valence-corrected chi connectivity index (χ0v) is 19.0. The Hall–Kier alpha value is -2.16. The van der Waals surface area contributed by atoms with Gasteiger partial charge in [0, 0.05) is 29.4 Å². The van der Waals surface area contributed by atoms with Crippen molar-refractivity contribution in [3.63, 3.8) is 0 Å². The van der Waals surface area contributed by atoms with Crippen LogP contribution in [0.2, 0.25) is 0 Å². The van der Waals surface area contributed by atoms with Crippen LogP contribution in [-0.2, 0) is 26.1 Å². The highest BCUT2D eigenvalue weighted by atomic mass is 35.7. The monoisotopic (exact) mass is 481 g/mol. The molecule has 0 saturated carbocycles. The van der Waals surface area contributed by atoms with Crippen molar-refractivity contribution in [1.29, 1.82) is 5.26 Å².